The summed E-state index contributed by atoms with van der Waals surface area (Å²) in [5, 5.41) is 5.77. The number of amides is 3. The number of furan rings is 1. The standard InChI is InChI=1S/C22H27N3O4/c1-15(2)13-20(26)23-18-3-5-19(6-4-18)24-21(27)16-7-10-25(11-8-16)22(28)17-9-12-29-14-17/h3-6,9,12,14-16H,7-8,10-11,13H2,1-2H3,(H,23,26)(H,24,27). The lowest BCUT2D eigenvalue weighted by Gasteiger charge is -2.31. The summed E-state index contributed by atoms with van der Waals surface area (Å²) in [7, 11) is 0. The Labute approximate surface area is 170 Å². The largest absolute Gasteiger partial charge is 0.472 e. The molecule has 1 fully saturated rings. The molecule has 0 unspecified atom stereocenters. The quantitative estimate of drug-likeness (QED) is 0.776. The second kappa shape index (κ2) is 9.41. The molecule has 2 aromatic rings. The van der Waals surface area contributed by atoms with E-state index in [1.165, 1.54) is 12.5 Å². The molecule has 0 aliphatic carbocycles. The molecule has 1 saturated heterocycles. The Kier molecular flexibility index (Phi) is 6.69. The number of likely N-dealkylation sites (tertiary alicyclic amines) is 1. The first-order chi connectivity index (χ1) is 13.9. The van der Waals surface area contributed by atoms with Gasteiger partial charge in [0.15, 0.2) is 0 Å². The van der Waals surface area contributed by atoms with Crippen LogP contribution >= 0.6 is 0 Å². The van der Waals surface area contributed by atoms with Crippen LogP contribution in [0.2, 0.25) is 0 Å². The molecule has 1 aromatic carbocycles. The zero-order valence-corrected chi connectivity index (χ0v) is 16.8. The van der Waals surface area contributed by atoms with Crippen LogP contribution in [0.15, 0.2) is 47.3 Å². The van der Waals surface area contributed by atoms with E-state index in [1.807, 2.05) is 13.8 Å². The van der Waals surface area contributed by atoms with Crippen molar-refractivity contribution in [2.45, 2.75) is 33.1 Å². The Morgan fingerprint density at radius 1 is 1.03 bits per heavy atom. The predicted molar refractivity (Wildman–Crippen MR) is 110 cm³/mol. The van der Waals surface area contributed by atoms with Gasteiger partial charge in [0.2, 0.25) is 11.8 Å². The Bertz CT molecular complexity index is 835. The van der Waals surface area contributed by atoms with E-state index < -0.39 is 0 Å². The molecule has 0 atom stereocenters. The van der Waals surface area contributed by atoms with Crippen molar-refractivity contribution >= 4 is 29.1 Å². The number of nitrogens with zero attached hydrogens (tertiary/aromatic N) is 1. The van der Waals surface area contributed by atoms with Gasteiger partial charge in [0.25, 0.3) is 5.91 Å². The lowest BCUT2D eigenvalue weighted by atomic mass is 9.95. The summed E-state index contributed by atoms with van der Waals surface area (Å²) in [6.07, 6.45) is 4.64. The van der Waals surface area contributed by atoms with Gasteiger partial charge in [0.05, 0.1) is 11.8 Å². The SMILES string of the molecule is CC(C)CC(=O)Nc1ccc(NC(=O)C2CCN(C(=O)c3ccoc3)CC2)cc1. The number of carbonyl (C=O) groups is 3. The average Bonchev–Trinajstić information content (AvgIpc) is 3.23. The first kappa shape index (κ1) is 20.6. The molecule has 0 spiro atoms. The Morgan fingerprint density at radius 3 is 2.21 bits per heavy atom. The summed E-state index contributed by atoms with van der Waals surface area (Å²) in [6, 6.07) is 8.76. The molecule has 0 saturated carbocycles. The number of benzene rings is 1. The van der Waals surface area contributed by atoms with Gasteiger partial charge in [0, 0.05) is 36.8 Å². The summed E-state index contributed by atoms with van der Waals surface area (Å²) in [4.78, 5) is 38.5. The molecule has 3 amide bonds. The molecule has 1 aliphatic rings. The molecular formula is C22H27N3O4. The molecule has 3 rings (SSSR count). The van der Waals surface area contributed by atoms with Crippen LogP contribution in [0.5, 0.6) is 0 Å². The first-order valence-corrected chi connectivity index (χ1v) is 9.94. The number of hydrogen-bond acceptors (Lipinski definition) is 4. The molecule has 7 heteroatoms. The van der Waals surface area contributed by atoms with E-state index in [0.717, 1.165) is 0 Å². The highest BCUT2D eigenvalue weighted by molar-refractivity contribution is 5.95. The van der Waals surface area contributed by atoms with Crippen molar-refractivity contribution in [1.29, 1.82) is 0 Å². The lowest BCUT2D eigenvalue weighted by Crippen LogP contribution is -2.41. The van der Waals surface area contributed by atoms with Gasteiger partial charge in [-0.2, -0.15) is 0 Å². The van der Waals surface area contributed by atoms with Crippen LogP contribution in [0.3, 0.4) is 0 Å². The van der Waals surface area contributed by atoms with Crippen molar-refractivity contribution in [1.82, 2.24) is 4.90 Å². The highest BCUT2D eigenvalue weighted by Crippen LogP contribution is 2.22. The fraction of sp³-hybridized carbons (Fsp3) is 0.409. The van der Waals surface area contributed by atoms with Gasteiger partial charge in [0.1, 0.15) is 6.26 Å². The van der Waals surface area contributed by atoms with Crippen molar-refractivity contribution in [3.05, 3.63) is 48.4 Å². The number of anilines is 2. The Balaban J connectivity index is 1.47. The van der Waals surface area contributed by atoms with Crippen LogP contribution < -0.4 is 10.6 Å². The smallest absolute Gasteiger partial charge is 0.257 e. The van der Waals surface area contributed by atoms with Crippen LogP contribution in [0.4, 0.5) is 11.4 Å². The van der Waals surface area contributed by atoms with Crippen molar-refractivity contribution in [3.8, 4) is 0 Å². The van der Waals surface area contributed by atoms with E-state index in [0.29, 0.717) is 55.2 Å². The van der Waals surface area contributed by atoms with Crippen LogP contribution in [0, 0.1) is 11.8 Å². The average molecular weight is 397 g/mol. The van der Waals surface area contributed by atoms with E-state index in [-0.39, 0.29) is 23.6 Å². The summed E-state index contributed by atoms with van der Waals surface area (Å²) >= 11 is 0. The van der Waals surface area contributed by atoms with Crippen molar-refractivity contribution < 1.29 is 18.8 Å². The van der Waals surface area contributed by atoms with E-state index >= 15 is 0 Å². The summed E-state index contributed by atoms with van der Waals surface area (Å²) < 4.78 is 4.96. The molecule has 7 nitrogen and oxygen atoms in total. The van der Waals surface area contributed by atoms with Crippen molar-refractivity contribution in [3.63, 3.8) is 0 Å². The molecular weight excluding hydrogens is 370 g/mol. The van der Waals surface area contributed by atoms with E-state index in [1.54, 1.807) is 35.2 Å². The van der Waals surface area contributed by atoms with Gasteiger partial charge >= 0.3 is 0 Å². The highest BCUT2D eigenvalue weighted by Gasteiger charge is 2.28. The van der Waals surface area contributed by atoms with Crippen molar-refractivity contribution in [2.24, 2.45) is 11.8 Å². The second-order valence-corrected chi connectivity index (χ2v) is 7.79. The third-order valence-corrected chi connectivity index (χ3v) is 4.95. The van der Waals surface area contributed by atoms with Gasteiger partial charge in [-0.25, -0.2) is 0 Å². The van der Waals surface area contributed by atoms with Gasteiger partial charge < -0.3 is 20.0 Å². The number of hydrogen-bond donors (Lipinski definition) is 2. The first-order valence-electron chi connectivity index (χ1n) is 9.94. The molecule has 29 heavy (non-hydrogen) atoms. The maximum absolute atomic E-state index is 12.6. The number of carbonyl (C=O) groups excluding carboxylic acids is 3. The lowest BCUT2D eigenvalue weighted by molar-refractivity contribution is -0.121. The minimum Gasteiger partial charge on any atom is -0.472 e. The third-order valence-electron chi connectivity index (χ3n) is 4.95. The molecule has 0 bridgehead atoms. The zero-order chi connectivity index (χ0) is 20.8. The number of piperidine rings is 1. The highest BCUT2D eigenvalue weighted by atomic mass is 16.3. The summed E-state index contributed by atoms with van der Waals surface area (Å²) in [5.41, 5.74) is 1.93. The molecule has 0 radical (unpaired) electrons. The van der Waals surface area contributed by atoms with Gasteiger partial charge in [-0.15, -0.1) is 0 Å². The van der Waals surface area contributed by atoms with Crippen molar-refractivity contribution in [2.75, 3.05) is 23.7 Å². The van der Waals surface area contributed by atoms with Gasteiger partial charge in [-0.3, -0.25) is 14.4 Å². The Hall–Kier alpha value is -3.09. The third kappa shape index (κ3) is 5.70. The van der Waals surface area contributed by atoms with Crippen LogP contribution in [0.1, 0.15) is 43.5 Å². The normalized spacial score (nSPS) is 14.7. The minimum atomic E-state index is -0.131. The molecule has 1 aliphatic heterocycles. The van der Waals surface area contributed by atoms with Crippen LogP contribution in [-0.2, 0) is 9.59 Å². The molecule has 154 valence electrons. The Morgan fingerprint density at radius 2 is 1.66 bits per heavy atom. The fourth-order valence-electron chi connectivity index (χ4n) is 3.38. The monoisotopic (exact) mass is 397 g/mol. The van der Waals surface area contributed by atoms with Crippen LogP contribution in [0.25, 0.3) is 0 Å². The molecule has 2 N–H and O–H groups in total. The zero-order valence-electron chi connectivity index (χ0n) is 16.8. The minimum absolute atomic E-state index is 0.0199. The summed E-state index contributed by atoms with van der Waals surface area (Å²) in [6.45, 7) is 5.08. The van der Waals surface area contributed by atoms with E-state index in [4.69, 9.17) is 4.42 Å². The van der Waals surface area contributed by atoms with E-state index in [9.17, 15) is 14.4 Å². The van der Waals surface area contributed by atoms with E-state index in [2.05, 4.69) is 10.6 Å². The predicted octanol–water partition coefficient (Wildman–Crippen LogP) is 3.76. The maximum atomic E-state index is 12.6. The summed E-state index contributed by atoms with van der Waals surface area (Å²) in [5.74, 6) is 0.0435. The number of nitrogens with one attached hydrogen (secondary N) is 2. The van der Waals surface area contributed by atoms with Crippen LogP contribution in [-0.4, -0.2) is 35.7 Å². The second-order valence-electron chi connectivity index (χ2n) is 7.79. The topological polar surface area (TPSA) is 91.7 Å². The fourth-order valence-corrected chi connectivity index (χ4v) is 3.38. The van der Waals surface area contributed by atoms with Gasteiger partial charge in [-0.1, -0.05) is 13.8 Å². The molecule has 2 heterocycles. The number of rotatable bonds is 6. The van der Waals surface area contributed by atoms with Gasteiger partial charge in [-0.05, 0) is 49.1 Å². The molecule has 1 aromatic heterocycles. The maximum Gasteiger partial charge on any atom is 0.257 e.